The highest BCUT2D eigenvalue weighted by molar-refractivity contribution is 5.95. The molecule has 1 unspecified atom stereocenters. The van der Waals surface area contributed by atoms with Gasteiger partial charge < -0.3 is 10.4 Å². The fourth-order valence-electron chi connectivity index (χ4n) is 2.29. The van der Waals surface area contributed by atoms with Gasteiger partial charge in [-0.1, -0.05) is 13.3 Å². The van der Waals surface area contributed by atoms with Crippen LogP contribution in [0.25, 0.3) is 0 Å². The molecule has 0 aromatic carbocycles. The monoisotopic (exact) mass is 292 g/mol. The molecule has 1 heterocycles. The summed E-state index contributed by atoms with van der Waals surface area (Å²) >= 11 is 0. The molecule has 0 saturated heterocycles. The van der Waals surface area contributed by atoms with Gasteiger partial charge in [0.2, 0.25) is 0 Å². The van der Waals surface area contributed by atoms with Crippen LogP contribution in [-0.2, 0) is 4.79 Å². The number of nitrogens with one attached hydrogen (secondary N) is 1. The number of aliphatic carboxylic acids is 1. The Kier molecular flexibility index (Phi) is 6.85. The molecule has 0 aliphatic heterocycles. The van der Waals surface area contributed by atoms with E-state index >= 15 is 0 Å². The Morgan fingerprint density at radius 2 is 2.00 bits per heavy atom. The maximum absolute atomic E-state index is 12.1. The van der Waals surface area contributed by atoms with Crippen molar-refractivity contribution in [2.75, 3.05) is 6.54 Å². The third kappa shape index (κ3) is 5.94. The van der Waals surface area contributed by atoms with Gasteiger partial charge in [-0.25, -0.2) is 0 Å². The fraction of sp³-hybridized carbons (Fsp3) is 0.562. The van der Waals surface area contributed by atoms with E-state index in [2.05, 4.69) is 10.3 Å². The molecule has 0 aliphatic carbocycles. The normalized spacial score (nSPS) is 12.0. The van der Waals surface area contributed by atoms with Crippen LogP contribution in [0.2, 0.25) is 0 Å². The van der Waals surface area contributed by atoms with Crippen LogP contribution in [0.15, 0.2) is 12.1 Å². The lowest BCUT2D eigenvalue weighted by Crippen LogP contribution is -2.27. The van der Waals surface area contributed by atoms with Crippen LogP contribution < -0.4 is 5.32 Å². The van der Waals surface area contributed by atoms with Crippen molar-refractivity contribution >= 4 is 11.9 Å². The minimum atomic E-state index is -0.765. The number of hydrogen-bond acceptors (Lipinski definition) is 3. The SMILES string of the molecule is CCC(CCNC(=O)c1ccc(C)nc1C)CCC(=O)O. The number of rotatable bonds is 8. The van der Waals surface area contributed by atoms with E-state index in [0.717, 1.165) is 24.2 Å². The van der Waals surface area contributed by atoms with Gasteiger partial charge in [0.05, 0.1) is 11.3 Å². The summed E-state index contributed by atoms with van der Waals surface area (Å²) in [5.74, 6) is -0.550. The van der Waals surface area contributed by atoms with Gasteiger partial charge in [0.25, 0.3) is 5.91 Å². The number of hydrogen-bond donors (Lipinski definition) is 2. The van der Waals surface area contributed by atoms with Crippen molar-refractivity contribution < 1.29 is 14.7 Å². The molecule has 1 aromatic heterocycles. The molecule has 1 amide bonds. The average Bonchev–Trinajstić information content (AvgIpc) is 2.42. The summed E-state index contributed by atoms with van der Waals surface area (Å²) in [6.45, 7) is 6.32. The van der Waals surface area contributed by atoms with Gasteiger partial charge in [-0.05, 0) is 44.7 Å². The van der Waals surface area contributed by atoms with Crippen LogP contribution in [0.5, 0.6) is 0 Å². The van der Waals surface area contributed by atoms with E-state index in [0.29, 0.717) is 24.4 Å². The van der Waals surface area contributed by atoms with Gasteiger partial charge in [0.15, 0.2) is 0 Å². The van der Waals surface area contributed by atoms with Crippen molar-refractivity contribution in [2.45, 2.75) is 46.5 Å². The predicted molar refractivity (Wildman–Crippen MR) is 81.3 cm³/mol. The lowest BCUT2D eigenvalue weighted by molar-refractivity contribution is -0.137. The van der Waals surface area contributed by atoms with Gasteiger partial charge in [-0.15, -0.1) is 0 Å². The number of aryl methyl sites for hydroxylation is 2. The molecule has 116 valence electrons. The summed E-state index contributed by atoms with van der Waals surface area (Å²) in [6, 6.07) is 3.61. The Bertz CT molecular complexity index is 500. The zero-order chi connectivity index (χ0) is 15.8. The smallest absolute Gasteiger partial charge is 0.303 e. The first-order valence-electron chi connectivity index (χ1n) is 7.38. The van der Waals surface area contributed by atoms with Crippen LogP contribution in [0, 0.1) is 19.8 Å². The number of carboxylic acids is 1. The second-order valence-electron chi connectivity index (χ2n) is 5.34. The largest absolute Gasteiger partial charge is 0.481 e. The first kappa shape index (κ1) is 17.1. The van der Waals surface area contributed by atoms with Crippen molar-refractivity contribution in [3.8, 4) is 0 Å². The quantitative estimate of drug-likeness (QED) is 0.772. The van der Waals surface area contributed by atoms with E-state index in [1.54, 1.807) is 6.07 Å². The van der Waals surface area contributed by atoms with Gasteiger partial charge >= 0.3 is 5.97 Å². The van der Waals surface area contributed by atoms with E-state index in [4.69, 9.17) is 5.11 Å². The highest BCUT2D eigenvalue weighted by Gasteiger charge is 2.12. The Morgan fingerprint density at radius 3 is 2.57 bits per heavy atom. The van der Waals surface area contributed by atoms with Gasteiger partial charge in [-0.3, -0.25) is 14.6 Å². The molecule has 1 aromatic rings. The van der Waals surface area contributed by atoms with Crippen molar-refractivity contribution in [3.63, 3.8) is 0 Å². The van der Waals surface area contributed by atoms with Gasteiger partial charge in [0, 0.05) is 18.7 Å². The summed E-state index contributed by atoms with van der Waals surface area (Å²) in [6.07, 6.45) is 2.57. The first-order chi connectivity index (χ1) is 9.93. The molecule has 0 bridgehead atoms. The number of amides is 1. The topological polar surface area (TPSA) is 79.3 Å². The van der Waals surface area contributed by atoms with E-state index < -0.39 is 5.97 Å². The third-order valence-electron chi connectivity index (χ3n) is 3.65. The molecular formula is C16H24N2O3. The zero-order valence-corrected chi connectivity index (χ0v) is 13.0. The Balaban J connectivity index is 2.43. The first-order valence-corrected chi connectivity index (χ1v) is 7.38. The van der Waals surface area contributed by atoms with E-state index in [1.807, 2.05) is 26.8 Å². The summed E-state index contributed by atoms with van der Waals surface area (Å²) < 4.78 is 0. The number of carbonyl (C=O) groups excluding carboxylic acids is 1. The van der Waals surface area contributed by atoms with E-state index in [9.17, 15) is 9.59 Å². The fourth-order valence-corrected chi connectivity index (χ4v) is 2.29. The molecular weight excluding hydrogens is 268 g/mol. The maximum Gasteiger partial charge on any atom is 0.303 e. The number of carbonyl (C=O) groups is 2. The van der Waals surface area contributed by atoms with E-state index in [1.165, 1.54) is 0 Å². The maximum atomic E-state index is 12.1. The highest BCUT2D eigenvalue weighted by Crippen LogP contribution is 2.15. The highest BCUT2D eigenvalue weighted by atomic mass is 16.4. The van der Waals surface area contributed by atoms with Crippen LogP contribution in [0.1, 0.15) is 54.4 Å². The Morgan fingerprint density at radius 1 is 1.29 bits per heavy atom. The van der Waals surface area contributed by atoms with Crippen molar-refractivity contribution in [1.82, 2.24) is 10.3 Å². The summed E-state index contributed by atoms with van der Waals surface area (Å²) in [5, 5.41) is 11.6. The second-order valence-corrected chi connectivity index (χ2v) is 5.34. The summed E-state index contributed by atoms with van der Waals surface area (Å²) in [7, 11) is 0. The molecule has 1 atom stereocenters. The van der Waals surface area contributed by atoms with Crippen LogP contribution in [-0.4, -0.2) is 28.5 Å². The van der Waals surface area contributed by atoms with Crippen molar-refractivity contribution in [1.29, 1.82) is 0 Å². The summed E-state index contributed by atoms with van der Waals surface area (Å²) in [4.78, 5) is 26.9. The number of pyridine rings is 1. The van der Waals surface area contributed by atoms with Crippen LogP contribution >= 0.6 is 0 Å². The molecule has 0 spiro atoms. The lowest BCUT2D eigenvalue weighted by Gasteiger charge is -2.14. The number of carboxylic acid groups (broad SMARTS) is 1. The van der Waals surface area contributed by atoms with Crippen LogP contribution in [0.4, 0.5) is 0 Å². The van der Waals surface area contributed by atoms with Gasteiger partial charge in [0.1, 0.15) is 0 Å². The summed E-state index contributed by atoms with van der Waals surface area (Å²) in [5.41, 5.74) is 2.22. The van der Waals surface area contributed by atoms with Crippen molar-refractivity contribution in [2.24, 2.45) is 5.92 Å². The average molecular weight is 292 g/mol. The van der Waals surface area contributed by atoms with Crippen LogP contribution in [0.3, 0.4) is 0 Å². The van der Waals surface area contributed by atoms with E-state index in [-0.39, 0.29) is 12.3 Å². The number of nitrogens with zero attached hydrogens (tertiary/aromatic N) is 1. The second kappa shape index (κ2) is 8.39. The molecule has 5 heteroatoms. The molecule has 5 nitrogen and oxygen atoms in total. The molecule has 0 fully saturated rings. The molecule has 0 radical (unpaired) electrons. The molecule has 0 saturated carbocycles. The predicted octanol–water partition coefficient (Wildman–Crippen LogP) is 2.71. The van der Waals surface area contributed by atoms with Gasteiger partial charge in [-0.2, -0.15) is 0 Å². The molecule has 0 aliphatic rings. The number of aromatic nitrogens is 1. The zero-order valence-electron chi connectivity index (χ0n) is 13.0. The minimum Gasteiger partial charge on any atom is -0.481 e. The van der Waals surface area contributed by atoms with Crippen molar-refractivity contribution in [3.05, 3.63) is 29.1 Å². The molecule has 21 heavy (non-hydrogen) atoms. The Hall–Kier alpha value is -1.91. The minimum absolute atomic E-state index is 0.118. The standard InChI is InChI=1S/C16H24N2O3/c1-4-13(6-8-15(19)20)9-10-17-16(21)14-7-5-11(2)18-12(14)3/h5,7,13H,4,6,8-10H2,1-3H3,(H,17,21)(H,19,20). The lowest BCUT2D eigenvalue weighted by atomic mass is 9.96. The Labute approximate surface area is 125 Å². The molecule has 2 N–H and O–H groups in total. The third-order valence-corrected chi connectivity index (χ3v) is 3.65. The molecule has 1 rings (SSSR count).